The number of anilines is 1. The number of nitriles is 1. The molecule has 172 valence electrons. The zero-order valence-electron chi connectivity index (χ0n) is 18.9. The number of aliphatic imine (C=N–C) groups is 1. The van der Waals surface area contributed by atoms with Gasteiger partial charge in [0.05, 0.1) is 24.3 Å². The van der Waals surface area contributed by atoms with Crippen LogP contribution in [0.15, 0.2) is 64.8 Å². The zero-order valence-corrected chi connectivity index (χ0v) is 18.9. The minimum atomic E-state index is -0.763. The van der Waals surface area contributed by atoms with E-state index in [9.17, 15) is 14.9 Å². The third kappa shape index (κ3) is 3.50. The molecule has 2 saturated carbocycles. The lowest BCUT2D eigenvalue weighted by Gasteiger charge is -2.36. The van der Waals surface area contributed by atoms with E-state index in [0.29, 0.717) is 29.2 Å². The summed E-state index contributed by atoms with van der Waals surface area (Å²) in [6, 6.07) is 17.0. The lowest BCUT2D eigenvalue weighted by Crippen LogP contribution is -2.50. The van der Waals surface area contributed by atoms with Gasteiger partial charge in [0, 0.05) is 23.2 Å². The Balaban J connectivity index is 1.57. The van der Waals surface area contributed by atoms with Crippen LogP contribution < -0.4 is 21.1 Å². The maximum Gasteiger partial charge on any atom is 0.277 e. The molecule has 34 heavy (non-hydrogen) atoms. The van der Waals surface area contributed by atoms with Crippen molar-refractivity contribution in [2.45, 2.75) is 31.1 Å². The summed E-state index contributed by atoms with van der Waals surface area (Å²) in [5.74, 6) is -0.445. The zero-order chi connectivity index (χ0) is 24.1. The number of nitrogens with zero attached hydrogens (tertiary/aromatic N) is 3. The minimum Gasteiger partial charge on any atom is -0.497 e. The molecule has 1 spiro atoms. The third-order valence-electron chi connectivity index (χ3n) is 7.07. The molecule has 0 aromatic heterocycles. The molecule has 3 fully saturated rings. The molecule has 2 aromatic rings. The number of ether oxygens (including phenoxy) is 1. The van der Waals surface area contributed by atoms with Gasteiger partial charge in [-0.2, -0.15) is 5.26 Å². The Morgan fingerprint density at radius 3 is 2.21 bits per heavy atom. The number of nitrogens with two attached hydrogens (primary N) is 2. The molecule has 0 bridgehead atoms. The first-order valence-corrected chi connectivity index (χ1v) is 11.2. The van der Waals surface area contributed by atoms with E-state index < -0.39 is 16.7 Å². The van der Waals surface area contributed by atoms with E-state index in [1.54, 1.807) is 36.3 Å². The molecule has 3 aliphatic rings. The highest BCUT2D eigenvalue weighted by Gasteiger charge is 2.56. The van der Waals surface area contributed by atoms with Crippen molar-refractivity contribution < 1.29 is 14.3 Å². The van der Waals surface area contributed by atoms with Crippen LogP contribution in [0, 0.1) is 16.7 Å². The summed E-state index contributed by atoms with van der Waals surface area (Å²) in [7, 11) is 1.57. The van der Waals surface area contributed by atoms with Crippen molar-refractivity contribution in [1.29, 1.82) is 5.26 Å². The lowest BCUT2D eigenvalue weighted by molar-refractivity contribution is -0.114. The van der Waals surface area contributed by atoms with Crippen molar-refractivity contribution in [2.75, 3.05) is 18.6 Å². The molecule has 2 aromatic carbocycles. The molecule has 8 nitrogen and oxygen atoms in total. The number of benzene rings is 2. The van der Waals surface area contributed by atoms with Gasteiger partial charge in [-0.1, -0.05) is 12.1 Å². The molecule has 0 unspecified atom stereocenters. The Morgan fingerprint density at radius 2 is 1.71 bits per heavy atom. The highest BCUT2D eigenvalue weighted by molar-refractivity contribution is 6.51. The monoisotopic (exact) mass is 455 g/mol. The molecule has 8 heteroatoms. The maximum atomic E-state index is 13.7. The van der Waals surface area contributed by atoms with Gasteiger partial charge < -0.3 is 21.1 Å². The Morgan fingerprint density at radius 1 is 1.06 bits per heavy atom. The van der Waals surface area contributed by atoms with Crippen LogP contribution in [0.25, 0.3) is 0 Å². The number of amides is 2. The topological polar surface area (TPSA) is 135 Å². The van der Waals surface area contributed by atoms with Crippen molar-refractivity contribution in [3.63, 3.8) is 0 Å². The Bertz CT molecular complexity index is 1280. The van der Waals surface area contributed by atoms with Gasteiger partial charge in [-0.3, -0.25) is 9.59 Å². The number of carbonyl (C=O) groups excluding carboxylic acids is 2. The number of hydrogen-bond donors (Lipinski definition) is 2. The first-order chi connectivity index (χ1) is 16.3. The average Bonchev–Trinajstić information content (AvgIpc) is 3.78. The van der Waals surface area contributed by atoms with Crippen molar-refractivity contribution in [2.24, 2.45) is 21.9 Å². The van der Waals surface area contributed by atoms with E-state index in [1.165, 1.54) is 0 Å². The van der Waals surface area contributed by atoms with Gasteiger partial charge in [-0.15, -0.1) is 0 Å². The van der Waals surface area contributed by atoms with Crippen molar-refractivity contribution in [1.82, 2.24) is 0 Å². The fraction of sp³-hybridized carbons (Fsp3) is 0.308. The summed E-state index contributed by atoms with van der Waals surface area (Å²) < 4.78 is 5.20. The van der Waals surface area contributed by atoms with Crippen molar-refractivity contribution >= 4 is 28.9 Å². The number of rotatable bonds is 5. The van der Waals surface area contributed by atoms with Crippen LogP contribution in [-0.4, -0.2) is 31.2 Å². The van der Waals surface area contributed by atoms with Crippen LogP contribution in [0.3, 0.4) is 0 Å². The highest BCUT2D eigenvalue weighted by atomic mass is 16.5. The molecule has 2 aliphatic carbocycles. The fourth-order valence-electron chi connectivity index (χ4n) is 4.68. The van der Waals surface area contributed by atoms with Crippen LogP contribution in [0.4, 0.5) is 11.4 Å². The number of piperidine rings is 1. The largest absolute Gasteiger partial charge is 0.497 e. The average molecular weight is 456 g/mol. The molecule has 1 heterocycles. The molecule has 2 amide bonds. The first kappa shape index (κ1) is 21.7. The summed E-state index contributed by atoms with van der Waals surface area (Å²) in [4.78, 5) is 32.1. The van der Waals surface area contributed by atoms with Crippen LogP contribution in [0.5, 0.6) is 5.75 Å². The van der Waals surface area contributed by atoms with E-state index in [-0.39, 0.29) is 17.3 Å². The summed E-state index contributed by atoms with van der Waals surface area (Å²) >= 11 is 0. The number of primary amides is 1. The smallest absolute Gasteiger partial charge is 0.277 e. The first-order valence-electron chi connectivity index (χ1n) is 11.2. The minimum absolute atomic E-state index is 0.113. The molecule has 1 aliphatic heterocycles. The molecular weight excluding hydrogens is 430 g/mol. The number of carbonyl (C=O) groups is 2. The second-order valence-corrected chi connectivity index (χ2v) is 9.22. The van der Waals surface area contributed by atoms with E-state index in [1.807, 2.05) is 24.3 Å². The predicted molar refractivity (Wildman–Crippen MR) is 127 cm³/mol. The second-order valence-electron chi connectivity index (χ2n) is 9.22. The van der Waals surface area contributed by atoms with Gasteiger partial charge in [0.25, 0.3) is 11.8 Å². The second kappa shape index (κ2) is 7.73. The number of hydrogen-bond acceptors (Lipinski definition) is 6. The molecular formula is C26H25N5O3. The van der Waals surface area contributed by atoms with Crippen LogP contribution in [-0.2, 0) is 15.0 Å². The molecule has 1 saturated heterocycles. The molecule has 4 N–H and O–H groups in total. The molecule has 5 rings (SSSR count). The fourth-order valence-corrected chi connectivity index (χ4v) is 4.68. The standard InChI is InChI=1S/C26H25N5O3/c1-34-19-8-4-17(5-9-19)30-22-20(21(28)23(29)32)26(12-13-26)15-31(24(22)33)18-6-2-16(3-7-18)25(14-27)10-11-25/h2-9H,10-13,15,28H2,1H3,(H2,29,32). The third-order valence-corrected chi connectivity index (χ3v) is 7.07. The number of methoxy groups -OCH3 is 1. The van der Waals surface area contributed by atoms with E-state index in [0.717, 1.165) is 31.2 Å². The van der Waals surface area contributed by atoms with E-state index in [4.69, 9.17) is 16.2 Å². The van der Waals surface area contributed by atoms with Gasteiger partial charge >= 0.3 is 0 Å². The van der Waals surface area contributed by atoms with Gasteiger partial charge in [-0.25, -0.2) is 4.99 Å². The summed E-state index contributed by atoms with van der Waals surface area (Å²) in [5, 5.41) is 9.49. The van der Waals surface area contributed by atoms with Gasteiger partial charge in [0.15, 0.2) is 0 Å². The Hall–Kier alpha value is -4.12. The van der Waals surface area contributed by atoms with Crippen molar-refractivity contribution in [3.05, 3.63) is 65.4 Å². The van der Waals surface area contributed by atoms with Crippen LogP contribution in [0.1, 0.15) is 31.2 Å². The molecule has 0 radical (unpaired) electrons. The highest BCUT2D eigenvalue weighted by Crippen LogP contribution is 2.56. The summed E-state index contributed by atoms with van der Waals surface area (Å²) in [5.41, 5.74) is 13.5. The van der Waals surface area contributed by atoms with Gasteiger partial charge in [-0.05, 0) is 67.6 Å². The summed E-state index contributed by atoms with van der Waals surface area (Å²) in [6.07, 6.45) is 3.26. The van der Waals surface area contributed by atoms with E-state index >= 15 is 0 Å². The van der Waals surface area contributed by atoms with Crippen LogP contribution >= 0.6 is 0 Å². The quantitative estimate of drug-likeness (QED) is 0.669. The molecule has 0 atom stereocenters. The van der Waals surface area contributed by atoms with Crippen molar-refractivity contribution in [3.8, 4) is 11.8 Å². The Kier molecular flexibility index (Phi) is 4.94. The SMILES string of the molecule is COc1ccc(N=C2C(=O)N(c3ccc(C4(C#N)CC4)cc3)CC3(CC3)C2=C(N)C(N)=O)cc1. The summed E-state index contributed by atoms with van der Waals surface area (Å²) in [6.45, 7) is 0.388. The van der Waals surface area contributed by atoms with Crippen LogP contribution in [0.2, 0.25) is 0 Å². The Labute approximate surface area is 197 Å². The van der Waals surface area contributed by atoms with E-state index in [2.05, 4.69) is 11.1 Å². The normalized spacial score (nSPS) is 22.3. The van der Waals surface area contributed by atoms with Gasteiger partial charge in [0.1, 0.15) is 17.2 Å². The maximum absolute atomic E-state index is 13.7. The predicted octanol–water partition coefficient (Wildman–Crippen LogP) is 2.85. The van der Waals surface area contributed by atoms with Gasteiger partial charge in [0.2, 0.25) is 0 Å². The lowest BCUT2D eigenvalue weighted by atomic mass is 9.84.